The van der Waals surface area contributed by atoms with Crippen LogP contribution in [-0.4, -0.2) is 32.5 Å². The van der Waals surface area contributed by atoms with E-state index in [1.54, 1.807) is 0 Å². The molecule has 1 aliphatic carbocycles. The number of nitrogens with zero attached hydrogens (tertiary/aromatic N) is 3. The van der Waals surface area contributed by atoms with Gasteiger partial charge in [0.05, 0.1) is 23.1 Å². The summed E-state index contributed by atoms with van der Waals surface area (Å²) < 4.78 is 68.6. The smallest absolute Gasteiger partial charge is 0.366 e. The number of hydrogen-bond acceptors (Lipinski definition) is 4. The first-order valence-electron chi connectivity index (χ1n) is 8.96. The molecule has 0 saturated heterocycles. The summed E-state index contributed by atoms with van der Waals surface area (Å²) in [5.41, 5.74) is 2.54. The van der Waals surface area contributed by atoms with E-state index in [4.69, 9.17) is 5.73 Å². The van der Waals surface area contributed by atoms with E-state index in [0.717, 1.165) is 30.1 Å². The molecule has 2 aromatic rings. The normalized spacial score (nSPS) is 18.4. The van der Waals surface area contributed by atoms with E-state index in [2.05, 4.69) is 15.4 Å². The number of nitrogens with one attached hydrogen (secondary N) is 1. The van der Waals surface area contributed by atoms with Crippen molar-refractivity contribution in [1.29, 1.82) is 0 Å². The van der Waals surface area contributed by atoms with Gasteiger partial charge in [-0.15, -0.1) is 0 Å². The van der Waals surface area contributed by atoms with Gasteiger partial charge in [0, 0.05) is 25.6 Å². The monoisotopic (exact) mass is 431 g/mol. The molecule has 2 heterocycles. The zero-order chi connectivity index (χ0) is 22.3. The number of aromatic nitrogens is 3. The number of aryl methyl sites for hydroxylation is 1. The molecular formula is C18H18F5N5O2. The quantitative estimate of drug-likeness (QED) is 0.709. The third kappa shape index (κ3) is 4.57. The Labute approximate surface area is 167 Å². The second-order valence-electron chi connectivity index (χ2n) is 7.23. The van der Waals surface area contributed by atoms with E-state index < -0.39 is 53.2 Å². The summed E-state index contributed by atoms with van der Waals surface area (Å²) in [6.45, 7) is 0.837. The summed E-state index contributed by atoms with van der Waals surface area (Å²) in [6, 6.07) is 1.16. The number of hydrogen-bond donors (Lipinski definition) is 2. The van der Waals surface area contributed by atoms with Gasteiger partial charge in [-0.2, -0.15) is 18.3 Å². The highest BCUT2D eigenvalue weighted by Crippen LogP contribution is 2.41. The van der Waals surface area contributed by atoms with Crippen molar-refractivity contribution in [3.05, 3.63) is 41.0 Å². The first-order chi connectivity index (χ1) is 13.9. The highest BCUT2D eigenvalue weighted by Gasteiger charge is 2.43. The number of rotatable bonds is 5. The highest BCUT2D eigenvalue weighted by molar-refractivity contribution is 6.05. The van der Waals surface area contributed by atoms with Gasteiger partial charge in [-0.1, -0.05) is 0 Å². The number of carbonyl (C=O) groups excluding carboxylic acids is 2. The summed E-state index contributed by atoms with van der Waals surface area (Å²) in [4.78, 5) is 27.7. The Balaban J connectivity index is 1.95. The van der Waals surface area contributed by atoms with Crippen LogP contribution in [0.15, 0.2) is 18.5 Å². The molecule has 30 heavy (non-hydrogen) atoms. The fourth-order valence-corrected chi connectivity index (χ4v) is 3.56. The molecule has 1 fully saturated rings. The molecule has 7 nitrogen and oxygen atoms in total. The van der Waals surface area contributed by atoms with E-state index >= 15 is 0 Å². The maximum absolute atomic E-state index is 13.6. The van der Waals surface area contributed by atoms with Crippen molar-refractivity contribution in [2.75, 3.05) is 5.32 Å². The maximum Gasteiger partial charge on any atom is 0.420 e. The zero-order valence-electron chi connectivity index (χ0n) is 15.8. The lowest BCUT2D eigenvalue weighted by Crippen LogP contribution is -2.24. The van der Waals surface area contributed by atoms with Gasteiger partial charge in [0.25, 0.3) is 5.91 Å². The van der Waals surface area contributed by atoms with Crippen LogP contribution in [0.25, 0.3) is 0 Å². The summed E-state index contributed by atoms with van der Waals surface area (Å²) in [6.07, 6.45) is -3.37. The van der Waals surface area contributed by atoms with Crippen molar-refractivity contribution in [2.45, 2.75) is 44.8 Å². The number of nitrogens with two attached hydrogens (primary N) is 1. The van der Waals surface area contributed by atoms with Crippen LogP contribution in [0.5, 0.6) is 0 Å². The lowest BCUT2D eigenvalue weighted by molar-refractivity contribution is -0.138. The molecule has 2 aromatic heterocycles. The molecule has 3 rings (SSSR count). The first-order valence-corrected chi connectivity index (χ1v) is 8.96. The molecule has 0 spiro atoms. The van der Waals surface area contributed by atoms with E-state index in [1.807, 2.05) is 0 Å². The number of primary amides is 1. The Hall–Kier alpha value is -3.05. The highest BCUT2D eigenvalue weighted by atomic mass is 19.4. The van der Waals surface area contributed by atoms with Crippen LogP contribution < -0.4 is 11.1 Å². The van der Waals surface area contributed by atoms with Gasteiger partial charge in [-0.05, 0) is 25.3 Å². The summed E-state index contributed by atoms with van der Waals surface area (Å²) in [7, 11) is 0. The fourth-order valence-electron chi connectivity index (χ4n) is 3.56. The second kappa shape index (κ2) is 7.65. The van der Waals surface area contributed by atoms with Crippen molar-refractivity contribution in [3.8, 4) is 0 Å². The number of pyridine rings is 1. The Kier molecular flexibility index (Phi) is 5.52. The van der Waals surface area contributed by atoms with Crippen molar-refractivity contribution < 1.29 is 31.5 Å². The van der Waals surface area contributed by atoms with Crippen LogP contribution in [0.1, 0.15) is 51.4 Å². The molecule has 0 aromatic carbocycles. The van der Waals surface area contributed by atoms with Gasteiger partial charge >= 0.3 is 6.18 Å². The van der Waals surface area contributed by atoms with Gasteiger partial charge in [0.2, 0.25) is 11.8 Å². The standard InChI is InChI=1S/C18H18F5N5O2/c1-9-13(18(21,22)23)14(28(27-9)8-10-2-3-17(19,20)5-10)16(30)26-12-4-11(15(24)29)6-25-7-12/h4,6-7,10H,2-3,5,8H2,1H3,(H2,24,29)(H,26,30). The average Bonchev–Trinajstić information content (AvgIpc) is 3.13. The van der Waals surface area contributed by atoms with Crippen molar-refractivity contribution in [1.82, 2.24) is 14.8 Å². The predicted molar refractivity (Wildman–Crippen MR) is 95.0 cm³/mol. The third-order valence-corrected chi connectivity index (χ3v) is 4.84. The minimum absolute atomic E-state index is 0.0535. The number of alkyl halides is 5. The summed E-state index contributed by atoms with van der Waals surface area (Å²) in [5.74, 6) is -5.50. The van der Waals surface area contributed by atoms with Crippen LogP contribution in [0, 0.1) is 12.8 Å². The van der Waals surface area contributed by atoms with Gasteiger partial charge in [-0.3, -0.25) is 19.3 Å². The van der Waals surface area contributed by atoms with E-state index in [0.29, 0.717) is 0 Å². The van der Waals surface area contributed by atoms with E-state index in [1.165, 1.54) is 0 Å². The summed E-state index contributed by atoms with van der Waals surface area (Å²) >= 11 is 0. The van der Waals surface area contributed by atoms with Gasteiger partial charge < -0.3 is 11.1 Å². The summed E-state index contributed by atoms with van der Waals surface area (Å²) in [5, 5.41) is 6.04. The lowest BCUT2D eigenvalue weighted by Gasteiger charge is -2.15. The molecule has 1 saturated carbocycles. The van der Waals surface area contributed by atoms with Gasteiger partial charge in [0.1, 0.15) is 11.3 Å². The molecule has 1 atom stereocenters. The fraction of sp³-hybridized carbons (Fsp3) is 0.444. The Morgan fingerprint density at radius 1 is 1.33 bits per heavy atom. The number of amides is 2. The van der Waals surface area contributed by atoms with Crippen molar-refractivity contribution >= 4 is 17.5 Å². The predicted octanol–water partition coefficient (Wildman–Crippen LogP) is 3.39. The largest absolute Gasteiger partial charge is 0.420 e. The molecule has 1 aliphatic rings. The second-order valence-corrected chi connectivity index (χ2v) is 7.23. The maximum atomic E-state index is 13.6. The van der Waals surface area contributed by atoms with Crippen molar-refractivity contribution in [3.63, 3.8) is 0 Å². The molecule has 162 valence electrons. The van der Waals surface area contributed by atoms with Crippen LogP contribution in [-0.2, 0) is 12.7 Å². The molecule has 0 radical (unpaired) electrons. The van der Waals surface area contributed by atoms with Gasteiger partial charge in [0.15, 0.2) is 0 Å². The molecule has 3 N–H and O–H groups in total. The Morgan fingerprint density at radius 3 is 2.60 bits per heavy atom. The first kappa shape index (κ1) is 21.7. The molecule has 0 bridgehead atoms. The van der Waals surface area contributed by atoms with Crippen LogP contribution in [0.3, 0.4) is 0 Å². The number of anilines is 1. The molecule has 2 amide bonds. The van der Waals surface area contributed by atoms with E-state index in [9.17, 15) is 31.5 Å². The third-order valence-electron chi connectivity index (χ3n) is 4.84. The van der Waals surface area contributed by atoms with Crippen molar-refractivity contribution in [2.24, 2.45) is 11.7 Å². The van der Waals surface area contributed by atoms with E-state index in [-0.39, 0.29) is 30.6 Å². The molecule has 0 aliphatic heterocycles. The lowest BCUT2D eigenvalue weighted by atomic mass is 10.1. The van der Waals surface area contributed by atoms with Crippen LogP contribution >= 0.6 is 0 Å². The molecular weight excluding hydrogens is 413 g/mol. The topological polar surface area (TPSA) is 103 Å². The minimum Gasteiger partial charge on any atom is -0.366 e. The molecule has 1 unspecified atom stereocenters. The van der Waals surface area contributed by atoms with Gasteiger partial charge in [-0.25, -0.2) is 8.78 Å². The van der Waals surface area contributed by atoms with Crippen LogP contribution in [0.4, 0.5) is 27.6 Å². The number of halogens is 5. The Bertz CT molecular complexity index is 986. The SMILES string of the molecule is Cc1nn(CC2CCC(F)(F)C2)c(C(=O)Nc2cncc(C(N)=O)c2)c1C(F)(F)F. The van der Waals surface area contributed by atoms with Crippen LogP contribution in [0.2, 0.25) is 0 Å². The minimum atomic E-state index is -4.89. The Morgan fingerprint density at radius 2 is 2.03 bits per heavy atom. The zero-order valence-corrected chi connectivity index (χ0v) is 15.8. The number of carbonyl (C=O) groups is 2. The average molecular weight is 431 g/mol. The molecule has 12 heteroatoms.